The number of nitrogens with zero attached hydrogens (tertiary/aromatic N) is 2. The Labute approximate surface area is 240 Å². The Kier molecular flexibility index (Phi) is 9.08. The number of fused-ring (bicyclic) bond motifs is 1. The maximum absolute atomic E-state index is 12.7. The van der Waals surface area contributed by atoms with E-state index < -0.39 is 23.7 Å². The minimum atomic E-state index is -1.17. The van der Waals surface area contributed by atoms with Gasteiger partial charge in [-0.15, -0.1) is 0 Å². The molecule has 1 amide bonds. The van der Waals surface area contributed by atoms with Crippen molar-refractivity contribution in [2.24, 2.45) is 5.16 Å². The van der Waals surface area contributed by atoms with Crippen LogP contribution in [0.15, 0.2) is 82.7 Å². The molecule has 10 nitrogen and oxygen atoms in total. The highest BCUT2D eigenvalue weighted by molar-refractivity contribution is 7.16. The first-order valence-electron chi connectivity index (χ1n) is 12.9. The molecule has 11 heteroatoms. The number of ether oxygens (including phenoxy) is 2. The maximum Gasteiger partial charge on any atom is 0.408 e. The number of rotatable bonds is 10. The molecule has 3 aromatic carbocycles. The maximum atomic E-state index is 12.7. The highest BCUT2D eigenvalue weighted by Gasteiger charge is 2.24. The van der Waals surface area contributed by atoms with E-state index >= 15 is 0 Å². The summed E-state index contributed by atoms with van der Waals surface area (Å²) in [5.41, 5.74) is 2.58. The number of thiazole rings is 1. The molecule has 4 rings (SSSR count). The summed E-state index contributed by atoms with van der Waals surface area (Å²) in [6, 6.07) is 20.5. The number of hydrogen-bond donors (Lipinski definition) is 3. The molecule has 0 aliphatic heterocycles. The molecule has 4 aromatic rings. The average Bonchev–Trinajstić information content (AvgIpc) is 3.23. The van der Waals surface area contributed by atoms with Gasteiger partial charge in [0, 0.05) is 17.5 Å². The molecule has 0 saturated carbocycles. The van der Waals surface area contributed by atoms with Crippen molar-refractivity contribution in [2.75, 3.05) is 6.61 Å². The van der Waals surface area contributed by atoms with Crippen molar-refractivity contribution in [3.05, 3.63) is 99.2 Å². The van der Waals surface area contributed by atoms with E-state index in [1.54, 1.807) is 49.6 Å². The number of alkyl carbamates (subject to hydrolysis) is 1. The van der Waals surface area contributed by atoms with Gasteiger partial charge in [-0.1, -0.05) is 65.0 Å². The fourth-order valence-electron chi connectivity index (χ4n) is 4.17. The minimum absolute atomic E-state index is 0.0696. The Bertz CT molecular complexity index is 1600. The summed E-state index contributed by atoms with van der Waals surface area (Å²) in [6.45, 7) is 5.65. The molecular weight excluding hydrogens is 546 g/mol. The molecule has 0 unspecified atom stereocenters. The van der Waals surface area contributed by atoms with Crippen molar-refractivity contribution in [2.45, 2.75) is 45.4 Å². The van der Waals surface area contributed by atoms with Crippen molar-refractivity contribution < 1.29 is 29.4 Å². The molecule has 0 aliphatic rings. The molecule has 0 radical (unpaired) electrons. The van der Waals surface area contributed by atoms with Gasteiger partial charge in [-0.2, -0.15) is 0 Å². The van der Waals surface area contributed by atoms with E-state index in [-0.39, 0.29) is 17.9 Å². The third-order valence-corrected chi connectivity index (χ3v) is 6.97. The summed E-state index contributed by atoms with van der Waals surface area (Å²) in [4.78, 5) is 36.2. The van der Waals surface area contributed by atoms with Crippen LogP contribution in [0, 0.1) is 0 Å². The van der Waals surface area contributed by atoms with E-state index in [0.717, 1.165) is 27.1 Å². The van der Waals surface area contributed by atoms with Gasteiger partial charge in [0.1, 0.15) is 29.7 Å². The predicted octanol–water partition coefficient (Wildman–Crippen LogP) is 4.89. The minimum Gasteiger partial charge on any atom is -0.492 e. The van der Waals surface area contributed by atoms with E-state index in [0.29, 0.717) is 29.1 Å². The van der Waals surface area contributed by atoms with Gasteiger partial charge >= 0.3 is 16.9 Å². The van der Waals surface area contributed by atoms with Gasteiger partial charge in [-0.05, 0) is 50.6 Å². The number of carbonyl (C=O) groups excluding carboxylic acids is 1. The molecule has 41 heavy (non-hydrogen) atoms. The van der Waals surface area contributed by atoms with Crippen LogP contribution in [0.2, 0.25) is 0 Å². The molecule has 0 spiro atoms. The molecule has 0 aliphatic carbocycles. The molecule has 1 atom stereocenters. The molecular formula is C30H31N3O7S. The first-order chi connectivity index (χ1) is 19.5. The predicted molar refractivity (Wildman–Crippen MR) is 156 cm³/mol. The van der Waals surface area contributed by atoms with Gasteiger partial charge in [0.15, 0.2) is 0 Å². The zero-order valence-electron chi connectivity index (χ0n) is 22.9. The quantitative estimate of drug-likeness (QED) is 0.139. The lowest BCUT2D eigenvalue weighted by molar-refractivity contribution is -0.139. The largest absolute Gasteiger partial charge is 0.492 e. The van der Waals surface area contributed by atoms with Gasteiger partial charge in [-0.25, -0.2) is 9.59 Å². The van der Waals surface area contributed by atoms with Gasteiger partial charge in [-0.3, -0.25) is 9.36 Å². The lowest BCUT2D eigenvalue weighted by Crippen LogP contribution is -2.44. The van der Waals surface area contributed by atoms with E-state index in [2.05, 4.69) is 10.5 Å². The second-order valence-electron chi connectivity index (χ2n) is 10.3. The standard InChI is InChI=1S/C30H31N3O7S/c1-30(2,3)40-28(36)31-23(27(34)35)17-19-9-12-22(13-10-19)39-16-15-33-24-14-11-21(18-25(24)41-29(33)37)26(32-38)20-7-5-4-6-8-20/h4-14,18,23,38H,15-17H2,1-3H3,(H,31,36)(H,34,35)/t23-/m0/s1. The second-order valence-corrected chi connectivity index (χ2v) is 11.2. The highest BCUT2D eigenvalue weighted by Crippen LogP contribution is 2.22. The summed E-state index contributed by atoms with van der Waals surface area (Å²) in [5.74, 6) is -0.612. The molecule has 1 heterocycles. The Morgan fingerprint density at radius 2 is 1.73 bits per heavy atom. The zero-order valence-corrected chi connectivity index (χ0v) is 23.7. The number of hydrogen-bond acceptors (Lipinski definition) is 8. The molecule has 1 aromatic heterocycles. The molecule has 0 bridgehead atoms. The molecule has 214 valence electrons. The lowest BCUT2D eigenvalue weighted by Gasteiger charge is -2.22. The fraction of sp³-hybridized carbons (Fsp3) is 0.267. The third-order valence-electron chi connectivity index (χ3n) is 6.02. The SMILES string of the molecule is CC(C)(C)OC(=O)N[C@@H](Cc1ccc(OCCn2c(=O)sc3cc(C(=NO)c4ccccc4)ccc32)cc1)C(=O)O. The zero-order chi connectivity index (χ0) is 29.6. The van der Waals surface area contributed by atoms with Gasteiger partial charge in [0.05, 0.1) is 16.8 Å². The number of aromatic nitrogens is 1. The van der Waals surface area contributed by atoms with Crippen molar-refractivity contribution in [1.29, 1.82) is 0 Å². The number of carboxylic acids is 1. The fourth-order valence-corrected chi connectivity index (χ4v) is 5.12. The number of oxime groups is 1. The van der Waals surface area contributed by atoms with Crippen LogP contribution in [0.1, 0.15) is 37.5 Å². The van der Waals surface area contributed by atoms with Crippen molar-refractivity contribution >= 4 is 39.3 Å². The second kappa shape index (κ2) is 12.7. The summed E-state index contributed by atoms with van der Waals surface area (Å²) in [5, 5.41) is 25.0. The molecule has 3 N–H and O–H groups in total. The number of nitrogens with one attached hydrogen (secondary N) is 1. The van der Waals surface area contributed by atoms with Crippen LogP contribution in [0.5, 0.6) is 5.75 Å². The van der Waals surface area contributed by atoms with Crippen LogP contribution in [-0.4, -0.2) is 50.9 Å². The van der Waals surface area contributed by atoms with Crippen LogP contribution in [-0.2, 0) is 22.5 Å². The van der Waals surface area contributed by atoms with Crippen LogP contribution in [0.25, 0.3) is 10.2 Å². The van der Waals surface area contributed by atoms with Crippen LogP contribution in [0.3, 0.4) is 0 Å². The summed E-state index contributed by atoms with van der Waals surface area (Å²) in [7, 11) is 0. The number of benzene rings is 3. The third kappa shape index (κ3) is 7.73. The van der Waals surface area contributed by atoms with Gasteiger partial charge in [0.2, 0.25) is 0 Å². The molecule has 0 saturated heterocycles. The topological polar surface area (TPSA) is 139 Å². The highest BCUT2D eigenvalue weighted by atomic mass is 32.1. The number of aliphatic carboxylic acids is 1. The monoisotopic (exact) mass is 577 g/mol. The molecule has 0 fully saturated rings. The van der Waals surface area contributed by atoms with E-state index in [4.69, 9.17) is 9.47 Å². The van der Waals surface area contributed by atoms with Crippen molar-refractivity contribution in [3.8, 4) is 5.75 Å². The first-order valence-corrected chi connectivity index (χ1v) is 13.7. The number of carbonyl (C=O) groups is 2. The Hall–Kier alpha value is -4.64. The smallest absolute Gasteiger partial charge is 0.408 e. The Morgan fingerprint density at radius 1 is 1.02 bits per heavy atom. The summed E-state index contributed by atoms with van der Waals surface area (Å²) < 4.78 is 13.4. The van der Waals surface area contributed by atoms with Gasteiger partial charge in [0.25, 0.3) is 0 Å². The normalized spacial score (nSPS) is 12.6. The Morgan fingerprint density at radius 3 is 2.37 bits per heavy atom. The first kappa shape index (κ1) is 29.3. The van der Waals surface area contributed by atoms with E-state index in [1.807, 2.05) is 48.5 Å². The van der Waals surface area contributed by atoms with Crippen LogP contribution in [0.4, 0.5) is 4.79 Å². The van der Waals surface area contributed by atoms with E-state index in [1.165, 1.54) is 0 Å². The van der Waals surface area contributed by atoms with E-state index in [9.17, 15) is 24.7 Å². The van der Waals surface area contributed by atoms with Crippen molar-refractivity contribution in [3.63, 3.8) is 0 Å². The average molecular weight is 578 g/mol. The Balaban J connectivity index is 1.37. The van der Waals surface area contributed by atoms with Crippen LogP contribution < -0.4 is 14.9 Å². The van der Waals surface area contributed by atoms with Crippen LogP contribution >= 0.6 is 11.3 Å². The van der Waals surface area contributed by atoms with Gasteiger partial charge < -0.3 is 25.1 Å². The van der Waals surface area contributed by atoms with Crippen molar-refractivity contribution in [1.82, 2.24) is 9.88 Å². The number of amides is 1. The summed E-state index contributed by atoms with van der Waals surface area (Å²) in [6.07, 6.45) is -0.726. The number of carboxylic acid groups (broad SMARTS) is 1. The lowest BCUT2D eigenvalue weighted by atomic mass is 10.0. The summed E-state index contributed by atoms with van der Waals surface area (Å²) >= 11 is 1.11.